The summed E-state index contributed by atoms with van der Waals surface area (Å²) in [5, 5.41) is 38.5. The van der Waals surface area contributed by atoms with Gasteiger partial charge < -0.3 is 20.4 Å². The number of carbonyl (C=O) groups excluding carboxylic acids is 2. The van der Waals surface area contributed by atoms with E-state index in [4.69, 9.17) is 0 Å². The Morgan fingerprint density at radius 2 is 0.756 bits per heavy atom. The van der Waals surface area contributed by atoms with Gasteiger partial charge in [0.2, 0.25) is 0 Å². The molecule has 0 aromatic heterocycles. The second-order valence-electron chi connectivity index (χ2n) is 12.1. The third-order valence-electron chi connectivity index (χ3n) is 6.25. The van der Waals surface area contributed by atoms with Crippen LogP contribution in [-0.2, 0) is 31.3 Å². The molecule has 0 spiro atoms. The van der Waals surface area contributed by atoms with E-state index >= 15 is 0 Å². The third kappa shape index (κ3) is 13.0. The van der Waals surface area contributed by atoms with Gasteiger partial charge in [-0.3, -0.25) is 9.59 Å². The van der Waals surface area contributed by atoms with Crippen LogP contribution < -0.4 is 0 Å². The molecule has 0 saturated carbocycles. The maximum atomic E-state index is 11.6. The number of aromatic hydroxyl groups is 2. The van der Waals surface area contributed by atoms with E-state index in [-0.39, 0.29) is 56.3 Å². The normalized spacial score (nSPS) is 11.5. The van der Waals surface area contributed by atoms with Gasteiger partial charge in [0.15, 0.2) is 11.6 Å². The van der Waals surface area contributed by atoms with Gasteiger partial charge in [0.1, 0.15) is 23.0 Å². The number of phenols is 2. The van der Waals surface area contributed by atoms with Gasteiger partial charge in [0, 0.05) is 67.0 Å². The van der Waals surface area contributed by atoms with Crippen LogP contribution in [0.3, 0.4) is 0 Å². The summed E-state index contributed by atoms with van der Waals surface area (Å²) in [5.74, 6) is 0.238. The molecule has 234 valence electrons. The Hall–Kier alpha value is -4.39. The van der Waals surface area contributed by atoms with Crippen molar-refractivity contribution in [3.05, 3.63) is 132 Å². The molecule has 0 saturated heterocycles. The molecule has 0 radical (unpaired) electrons. The van der Waals surface area contributed by atoms with Crippen LogP contribution >= 0.6 is 0 Å². The Balaban J connectivity index is 0.000000334. The first-order valence-corrected chi connectivity index (χ1v) is 14.2. The minimum atomic E-state index is -0.456. The quantitative estimate of drug-likeness (QED) is 0.0981. The number of hydrogen-bond donors (Lipinski definition) is 4. The fraction of sp³-hybridized carbons (Fsp3) is 0.211. The van der Waals surface area contributed by atoms with E-state index in [1.807, 2.05) is 90.1 Å². The monoisotopic (exact) mass is 642 g/mol. The molecule has 4 aromatic rings. The number of phenolic OH excluding ortho intramolecular Hbond substituents is 2. The Morgan fingerprint density at radius 1 is 0.489 bits per heavy atom. The number of hydrogen-bond acceptors (Lipinski definition) is 6. The number of rotatable bonds is 5. The number of ketones is 2. The molecule has 0 aliphatic rings. The van der Waals surface area contributed by atoms with E-state index in [1.54, 1.807) is 60.7 Å². The van der Waals surface area contributed by atoms with Crippen LogP contribution in [0.25, 0.3) is 22.6 Å². The van der Waals surface area contributed by atoms with Crippen molar-refractivity contribution in [2.75, 3.05) is 0 Å². The third-order valence-corrected chi connectivity index (χ3v) is 6.25. The molecule has 4 aromatic carbocycles. The summed E-state index contributed by atoms with van der Waals surface area (Å²) in [6.07, 6.45) is 2.57. The minimum absolute atomic E-state index is 0. The van der Waals surface area contributed by atoms with Crippen LogP contribution in [0.15, 0.2) is 121 Å². The van der Waals surface area contributed by atoms with Gasteiger partial charge >= 0.3 is 0 Å². The molecule has 0 amide bonds. The van der Waals surface area contributed by atoms with Gasteiger partial charge in [-0.05, 0) is 12.1 Å². The SMILES string of the molecule is CC(C)(C)C(=O)/C=C(\O)c1ccccc1.CC(C)(C)C(=O)/C=C(\O)c1ccccc1.Oc1ccccc1-c1ccccc1O.[Ti]. The van der Waals surface area contributed by atoms with Crippen LogP contribution in [0.4, 0.5) is 0 Å². The van der Waals surface area contributed by atoms with Crippen molar-refractivity contribution in [1.82, 2.24) is 0 Å². The van der Waals surface area contributed by atoms with Crippen molar-refractivity contribution in [3.8, 4) is 22.6 Å². The van der Waals surface area contributed by atoms with Crippen LogP contribution in [0.1, 0.15) is 52.7 Å². The first kappa shape index (κ1) is 38.6. The maximum Gasteiger partial charge on any atom is 0.164 e. The summed E-state index contributed by atoms with van der Waals surface area (Å²) in [4.78, 5) is 23.2. The standard InChI is InChI=1S/2C13H16O2.C12H10O2.Ti/c2*1-13(2,3)12(15)9-11(14)10-7-5-4-6-8-10;13-11-7-3-1-5-9(11)10-6-2-4-8-12(10)14;/h2*4-9,14H,1-3H3;1-8,13-14H;/b2*11-9-;;. The molecular formula is C38H42O6Ti. The first-order chi connectivity index (χ1) is 20.6. The zero-order valence-electron chi connectivity index (χ0n) is 26.7. The molecule has 4 rings (SSSR count). The number of carbonyl (C=O) groups is 2. The van der Waals surface area contributed by atoms with Crippen molar-refractivity contribution < 1.29 is 51.7 Å². The van der Waals surface area contributed by atoms with Crippen LogP contribution in [0.2, 0.25) is 0 Å². The number of allylic oxidation sites excluding steroid dienone is 2. The summed E-state index contributed by atoms with van der Waals surface area (Å²) in [6, 6.07) is 31.9. The fourth-order valence-corrected chi connectivity index (χ4v) is 3.47. The van der Waals surface area contributed by atoms with E-state index in [0.717, 1.165) is 0 Å². The second kappa shape index (κ2) is 17.8. The fourth-order valence-electron chi connectivity index (χ4n) is 3.47. The molecule has 0 fully saturated rings. The van der Waals surface area contributed by atoms with E-state index in [2.05, 4.69) is 0 Å². The predicted octanol–water partition coefficient (Wildman–Crippen LogP) is 9.16. The topological polar surface area (TPSA) is 115 Å². The van der Waals surface area contributed by atoms with E-state index in [9.17, 15) is 30.0 Å². The predicted molar refractivity (Wildman–Crippen MR) is 178 cm³/mol. The zero-order chi connectivity index (χ0) is 32.9. The minimum Gasteiger partial charge on any atom is -0.507 e. The van der Waals surface area contributed by atoms with Crippen molar-refractivity contribution in [1.29, 1.82) is 0 Å². The van der Waals surface area contributed by atoms with E-state index in [1.165, 1.54) is 12.2 Å². The second-order valence-corrected chi connectivity index (χ2v) is 12.1. The molecule has 0 heterocycles. The van der Waals surface area contributed by atoms with Gasteiger partial charge in [-0.15, -0.1) is 0 Å². The number of para-hydroxylation sites is 2. The van der Waals surface area contributed by atoms with Gasteiger partial charge in [-0.25, -0.2) is 0 Å². The molecule has 0 bridgehead atoms. The smallest absolute Gasteiger partial charge is 0.164 e. The van der Waals surface area contributed by atoms with Gasteiger partial charge in [0.05, 0.1) is 0 Å². The Kier molecular flexibility index (Phi) is 15.3. The summed E-state index contributed by atoms with van der Waals surface area (Å²) < 4.78 is 0. The average Bonchev–Trinajstić information content (AvgIpc) is 2.98. The summed E-state index contributed by atoms with van der Waals surface area (Å²) in [7, 11) is 0. The number of benzene rings is 4. The molecule has 0 unspecified atom stereocenters. The summed E-state index contributed by atoms with van der Waals surface area (Å²) in [6.45, 7) is 10.9. The molecule has 45 heavy (non-hydrogen) atoms. The molecule has 0 atom stereocenters. The van der Waals surface area contributed by atoms with Crippen molar-refractivity contribution in [2.45, 2.75) is 41.5 Å². The molecule has 0 aliphatic carbocycles. The van der Waals surface area contributed by atoms with Gasteiger partial charge in [-0.2, -0.15) is 0 Å². The molecular weight excluding hydrogens is 600 g/mol. The maximum absolute atomic E-state index is 11.6. The van der Waals surface area contributed by atoms with Crippen molar-refractivity contribution >= 4 is 23.1 Å². The summed E-state index contributed by atoms with van der Waals surface area (Å²) >= 11 is 0. The number of aliphatic hydroxyl groups excluding tert-OH is 2. The first-order valence-electron chi connectivity index (χ1n) is 14.2. The van der Waals surface area contributed by atoms with Crippen LogP contribution in [0.5, 0.6) is 11.5 Å². The molecule has 0 aliphatic heterocycles. The van der Waals surface area contributed by atoms with Crippen LogP contribution in [0, 0.1) is 10.8 Å². The van der Waals surface area contributed by atoms with Gasteiger partial charge in [-0.1, -0.05) is 139 Å². The number of aliphatic hydroxyl groups is 2. The van der Waals surface area contributed by atoms with Gasteiger partial charge in [0.25, 0.3) is 0 Å². The largest absolute Gasteiger partial charge is 0.507 e. The molecule has 7 heteroatoms. The van der Waals surface area contributed by atoms with E-state index < -0.39 is 10.8 Å². The molecule has 4 N–H and O–H groups in total. The van der Waals surface area contributed by atoms with E-state index in [0.29, 0.717) is 22.3 Å². The zero-order valence-corrected chi connectivity index (χ0v) is 28.2. The summed E-state index contributed by atoms with van der Waals surface area (Å²) in [5.41, 5.74) is 1.70. The molecule has 6 nitrogen and oxygen atoms in total. The van der Waals surface area contributed by atoms with Crippen molar-refractivity contribution in [3.63, 3.8) is 0 Å². The Morgan fingerprint density at radius 3 is 1.02 bits per heavy atom. The van der Waals surface area contributed by atoms with Crippen LogP contribution in [-0.4, -0.2) is 32.0 Å². The van der Waals surface area contributed by atoms with Crippen molar-refractivity contribution in [2.24, 2.45) is 10.8 Å². The average molecular weight is 643 g/mol. The Labute approximate surface area is 281 Å². The Bertz CT molecular complexity index is 1460.